The maximum absolute atomic E-state index is 13.5. The minimum atomic E-state index is -3.74. The highest BCUT2D eigenvalue weighted by Crippen LogP contribution is 2.40. The van der Waals surface area contributed by atoms with Crippen molar-refractivity contribution in [2.75, 3.05) is 18.0 Å². The van der Waals surface area contributed by atoms with Gasteiger partial charge in [-0.25, -0.2) is 8.42 Å². The summed E-state index contributed by atoms with van der Waals surface area (Å²) in [6.07, 6.45) is 7.20. The van der Waals surface area contributed by atoms with Crippen molar-refractivity contribution in [3.8, 4) is 0 Å². The first kappa shape index (κ1) is 23.0. The van der Waals surface area contributed by atoms with Gasteiger partial charge >= 0.3 is 0 Å². The molecule has 5 rings (SSSR count). The van der Waals surface area contributed by atoms with Crippen LogP contribution in [0.5, 0.6) is 0 Å². The number of hydrogen-bond acceptors (Lipinski definition) is 5. The standard InChI is InChI=1S/C25H30N4O4S/c1-17-12-21-13-22(8-9-23(21)29(17)25(31)19-6-7-19)34(32,33)28-11-3-5-20(16-28)24(30)27-15-18-4-2-10-26-14-18/h2,4,8-10,13-14,17,19-20H,3,5-7,11-12,15-16H2,1H3,(H,27,30)/t17-,20+/m1/s1. The van der Waals surface area contributed by atoms with Crippen LogP contribution in [0.2, 0.25) is 0 Å². The Morgan fingerprint density at radius 2 is 1.97 bits per heavy atom. The van der Waals surface area contributed by atoms with E-state index in [9.17, 15) is 18.0 Å². The lowest BCUT2D eigenvalue weighted by atomic mass is 9.99. The van der Waals surface area contributed by atoms with Crippen LogP contribution in [-0.2, 0) is 32.6 Å². The molecule has 0 bridgehead atoms. The molecule has 1 saturated carbocycles. The molecule has 1 saturated heterocycles. The molecule has 3 aliphatic rings. The van der Waals surface area contributed by atoms with Gasteiger partial charge < -0.3 is 10.2 Å². The smallest absolute Gasteiger partial charge is 0.243 e. The fourth-order valence-electron chi connectivity index (χ4n) is 4.99. The first-order valence-electron chi connectivity index (χ1n) is 12.0. The number of hydrogen-bond donors (Lipinski definition) is 1. The first-order valence-corrected chi connectivity index (χ1v) is 13.4. The molecule has 1 aliphatic carbocycles. The zero-order valence-corrected chi connectivity index (χ0v) is 20.1. The molecule has 2 aromatic rings. The summed E-state index contributed by atoms with van der Waals surface area (Å²) in [6.45, 7) is 2.94. The second-order valence-corrected chi connectivity index (χ2v) is 11.5. The van der Waals surface area contributed by atoms with Crippen molar-refractivity contribution >= 4 is 27.5 Å². The number of fused-ring (bicyclic) bond motifs is 1. The summed E-state index contributed by atoms with van der Waals surface area (Å²) < 4.78 is 28.3. The van der Waals surface area contributed by atoms with Crippen molar-refractivity contribution in [2.24, 2.45) is 11.8 Å². The Hall–Kier alpha value is -2.78. The predicted molar refractivity (Wildman–Crippen MR) is 127 cm³/mol. The highest BCUT2D eigenvalue weighted by Gasteiger charge is 2.40. The number of anilines is 1. The van der Waals surface area contributed by atoms with Gasteiger partial charge in [-0.05, 0) is 74.4 Å². The van der Waals surface area contributed by atoms with Crippen molar-refractivity contribution < 1.29 is 18.0 Å². The Bertz CT molecular complexity index is 1200. The molecule has 0 spiro atoms. The molecule has 1 aromatic heterocycles. The lowest BCUT2D eigenvalue weighted by Crippen LogP contribution is -2.45. The van der Waals surface area contributed by atoms with Crippen LogP contribution in [0, 0.1) is 11.8 Å². The van der Waals surface area contributed by atoms with Crippen LogP contribution in [0.3, 0.4) is 0 Å². The number of benzene rings is 1. The van der Waals surface area contributed by atoms with Gasteiger partial charge in [0.15, 0.2) is 0 Å². The Balaban J connectivity index is 1.28. The zero-order chi connectivity index (χ0) is 23.9. The van der Waals surface area contributed by atoms with Gasteiger partial charge in [-0.2, -0.15) is 4.31 Å². The van der Waals surface area contributed by atoms with Gasteiger partial charge in [-0.3, -0.25) is 14.6 Å². The molecule has 0 unspecified atom stereocenters. The van der Waals surface area contributed by atoms with E-state index in [1.807, 2.05) is 24.0 Å². The Morgan fingerprint density at radius 1 is 1.15 bits per heavy atom. The highest BCUT2D eigenvalue weighted by atomic mass is 32.2. The molecule has 1 aromatic carbocycles. The zero-order valence-electron chi connectivity index (χ0n) is 19.3. The van der Waals surface area contributed by atoms with E-state index in [1.54, 1.807) is 30.6 Å². The molecule has 2 fully saturated rings. The lowest BCUT2D eigenvalue weighted by molar-refractivity contribution is -0.126. The van der Waals surface area contributed by atoms with Crippen LogP contribution in [0.15, 0.2) is 47.6 Å². The second kappa shape index (κ2) is 9.11. The van der Waals surface area contributed by atoms with Crippen LogP contribution in [0.1, 0.15) is 43.7 Å². The van der Waals surface area contributed by atoms with Gasteiger partial charge in [0.05, 0.1) is 10.8 Å². The van der Waals surface area contributed by atoms with Crippen LogP contribution in [0.4, 0.5) is 5.69 Å². The topological polar surface area (TPSA) is 99.7 Å². The quantitative estimate of drug-likeness (QED) is 0.682. The number of carbonyl (C=O) groups excluding carboxylic acids is 2. The summed E-state index contributed by atoms with van der Waals surface area (Å²) in [5.74, 6) is -0.258. The average molecular weight is 483 g/mol. The molecular formula is C25H30N4O4S. The molecule has 2 aliphatic heterocycles. The van der Waals surface area contributed by atoms with Crippen LogP contribution in [0.25, 0.3) is 0 Å². The van der Waals surface area contributed by atoms with Crippen molar-refractivity contribution in [1.29, 1.82) is 0 Å². The molecule has 34 heavy (non-hydrogen) atoms. The Labute approximate surface area is 200 Å². The summed E-state index contributed by atoms with van der Waals surface area (Å²) in [6, 6.07) is 8.82. The van der Waals surface area contributed by atoms with Crippen molar-refractivity contribution in [3.05, 3.63) is 53.9 Å². The summed E-state index contributed by atoms with van der Waals surface area (Å²) >= 11 is 0. The lowest BCUT2D eigenvalue weighted by Gasteiger charge is -2.31. The minimum absolute atomic E-state index is 0.0314. The maximum Gasteiger partial charge on any atom is 0.243 e. The first-order chi connectivity index (χ1) is 16.3. The summed E-state index contributed by atoms with van der Waals surface area (Å²) in [5.41, 5.74) is 2.62. The van der Waals surface area contributed by atoms with E-state index in [-0.39, 0.29) is 41.1 Å². The number of carbonyl (C=O) groups is 2. The monoisotopic (exact) mass is 482 g/mol. The fraction of sp³-hybridized carbons (Fsp3) is 0.480. The Morgan fingerprint density at radius 3 is 2.71 bits per heavy atom. The number of nitrogens with one attached hydrogen (secondary N) is 1. The van der Waals surface area contributed by atoms with E-state index < -0.39 is 10.0 Å². The summed E-state index contributed by atoms with van der Waals surface area (Å²) in [4.78, 5) is 31.6. The van der Waals surface area contributed by atoms with E-state index in [0.29, 0.717) is 32.4 Å². The summed E-state index contributed by atoms with van der Waals surface area (Å²) in [5, 5.41) is 2.91. The second-order valence-electron chi connectivity index (χ2n) is 9.61. The van der Waals surface area contributed by atoms with E-state index in [2.05, 4.69) is 10.3 Å². The van der Waals surface area contributed by atoms with Crippen molar-refractivity contribution in [2.45, 2.75) is 56.5 Å². The number of pyridine rings is 1. The molecule has 3 heterocycles. The van der Waals surface area contributed by atoms with Crippen molar-refractivity contribution in [3.63, 3.8) is 0 Å². The maximum atomic E-state index is 13.5. The largest absolute Gasteiger partial charge is 0.352 e. The molecular weight excluding hydrogens is 452 g/mol. The SMILES string of the molecule is C[C@@H]1Cc2cc(S(=O)(=O)N3CCC[C@H](C(=O)NCc4cccnc4)C3)ccc2N1C(=O)C1CC1. The van der Waals surface area contributed by atoms with Gasteiger partial charge in [-0.1, -0.05) is 6.07 Å². The van der Waals surface area contributed by atoms with Crippen LogP contribution in [-0.4, -0.2) is 48.7 Å². The average Bonchev–Trinajstić information content (AvgIpc) is 3.64. The van der Waals surface area contributed by atoms with Gasteiger partial charge in [0.25, 0.3) is 0 Å². The number of nitrogens with zero attached hydrogens (tertiary/aromatic N) is 3. The normalized spacial score (nSPS) is 22.9. The number of piperidine rings is 1. The molecule has 2 amide bonds. The molecule has 0 radical (unpaired) electrons. The number of sulfonamides is 1. The molecule has 1 N–H and O–H groups in total. The Kier molecular flexibility index (Phi) is 6.16. The summed E-state index contributed by atoms with van der Waals surface area (Å²) in [7, 11) is -3.74. The molecule has 8 nitrogen and oxygen atoms in total. The van der Waals surface area contributed by atoms with E-state index in [0.717, 1.165) is 29.7 Å². The van der Waals surface area contributed by atoms with Crippen LogP contribution >= 0.6 is 0 Å². The predicted octanol–water partition coefficient (Wildman–Crippen LogP) is 2.49. The molecule has 2 atom stereocenters. The number of aromatic nitrogens is 1. The third kappa shape index (κ3) is 4.46. The number of rotatable bonds is 6. The van der Waals surface area contributed by atoms with Gasteiger partial charge in [-0.15, -0.1) is 0 Å². The van der Waals surface area contributed by atoms with Gasteiger partial charge in [0, 0.05) is 49.7 Å². The molecule has 9 heteroatoms. The minimum Gasteiger partial charge on any atom is -0.352 e. The van der Waals surface area contributed by atoms with E-state index >= 15 is 0 Å². The van der Waals surface area contributed by atoms with Gasteiger partial charge in [0.1, 0.15) is 0 Å². The number of amides is 2. The van der Waals surface area contributed by atoms with Crippen molar-refractivity contribution in [1.82, 2.24) is 14.6 Å². The van der Waals surface area contributed by atoms with Gasteiger partial charge in [0.2, 0.25) is 21.8 Å². The third-order valence-corrected chi connectivity index (χ3v) is 8.87. The highest BCUT2D eigenvalue weighted by molar-refractivity contribution is 7.89. The van der Waals surface area contributed by atoms with E-state index in [1.165, 1.54) is 4.31 Å². The van der Waals surface area contributed by atoms with E-state index in [4.69, 9.17) is 0 Å². The van der Waals surface area contributed by atoms with Crippen LogP contribution < -0.4 is 10.2 Å². The fourth-order valence-corrected chi connectivity index (χ4v) is 6.57. The molecule has 180 valence electrons. The third-order valence-electron chi connectivity index (χ3n) is 7.01.